The average molecular weight is 189 g/mol. The van der Waals surface area contributed by atoms with Crippen LogP contribution in [0.1, 0.15) is 19.3 Å². The Morgan fingerprint density at radius 2 is 1.62 bits per heavy atom. The third kappa shape index (κ3) is 8.81. The standard InChI is InChI=1S/C8H15NO4/c1-9(6-4-8(12)13)5-2-3-7(10)11/h2-6H2,1H3,(H,10,11)(H,12,13). The lowest BCUT2D eigenvalue weighted by molar-refractivity contribution is -0.138. The van der Waals surface area contributed by atoms with Gasteiger partial charge in [0.1, 0.15) is 0 Å². The minimum absolute atomic E-state index is 0.101. The Hall–Kier alpha value is -1.10. The highest BCUT2D eigenvalue weighted by Gasteiger charge is 2.03. The summed E-state index contributed by atoms with van der Waals surface area (Å²) in [6, 6.07) is 0. The van der Waals surface area contributed by atoms with Gasteiger partial charge in [-0.3, -0.25) is 9.59 Å². The molecule has 0 saturated carbocycles. The fourth-order valence-corrected chi connectivity index (χ4v) is 0.899. The smallest absolute Gasteiger partial charge is 0.304 e. The van der Waals surface area contributed by atoms with Crippen molar-refractivity contribution in [3.63, 3.8) is 0 Å². The van der Waals surface area contributed by atoms with Crippen LogP contribution >= 0.6 is 0 Å². The minimum atomic E-state index is -0.829. The van der Waals surface area contributed by atoms with Gasteiger partial charge < -0.3 is 15.1 Å². The van der Waals surface area contributed by atoms with Gasteiger partial charge in [-0.1, -0.05) is 0 Å². The van der Waals surface area contributed by atoms with Crippen LogP contribution in [-0.2, 0) is 9.59 Å². The van der Waals surface area contributed by atoms with Crippen LogP contribution in [0.15, 0.2) is 0 Å². The van der Waals surface area contributed by atoms with Crippen LogP contribution in [0.5, 0.6) is 0 Å². The van der Waals surface area contributed by atoms with Crippen molar-refractivity contribution < 1.29 is 19.8 Å². The maximum absolute atomic E-state index is 10.2. The van der Waals surface area contributed by atoms with E-state index >= 15 is 0 Å². The molecule has 5 nitrogen and oxygen atoms in total. The number of carbonyl (C=O) groups is 2. The van der Waals surface area contributed by atoms with Gasteiger partial charge in [0.2, 0.25) is 0 Å². The summed E-state index contributed by atoms with van der Waals surface area (Å²) in [5.74, 6) is -1.64. The molecule has 13 heavy (non-hydrogen) atoms. The Balaban J connectivity index is 3.35. The second kappa shape index (κ2) is 6.42. The predicted octanol–water partition coefficient (Wildman–Crippen LogP) is 0.258. The zero-order chi connectivity index (χ0) is 10.3. The molecule has 0 unspecified atom stereocenters. The first-order chi connectivity index (χ1) is 6.02. The molecule has 0 saturated heterocycles. The van der Waals surface area contributed by atoms with Crippen molar-refractivity contribution >= 4 is 11.9 Å². The molecule has 0 aliphatic carbocycles. The normalized spacial score (nSPS) is 10.3. The van der Waals surface area contributed by atoms with Gasteiger partial charge in [0.05, 0.1) is 6.42 Å². The molecule has 0 rings (SSSR count). The quantitative estimate of drug-likeness (QED) is 0.600. The third-order valence-corrected chi connectivity index (χ3v) is 1.64. The maximum atomic E-state index is 10.2. The van der Waals surface area contributed by atoms with Crippen LogP contribution < -0.4 is 0 Å². The van der Waals surface area contributed by atoms with E-state index < -0.39 is 11.9 Å². The minimum Gasteiger partial charge on any atom is -0.481 e. The molecule has 0 fully saturated rings. The molecule has 0 aromatic rings. The Labute approximate surface area is 77.0 Å². The number of hydrogen-bond acceptors (Lipinski definition) is 3. The van der Waals surface area contributed by atoms with E-state index in [1.807, 2.05) is 4.90 Å². The Kier molecular flexibility index (Phi) is 5.88. The largest absolute Gasteiger partial charge is 0.481 e. The lowest BCUT2D eigenvalue weighted by Crippen LogP contribution is -2.23. The van der Waals surface area contributed by atoms with Crippen molar-refractivity contribution in [3.05, 3.63) is 0 Å². The van der Waals surface area contributed by atoms with Crippen LogP contribution in [-0.4, -0.2) is 47.2 Å². The Morgan fingerprint density at radius 1 is 1.08 bits per heavy atom. The summed E-state index contributed by atoms with van der Waals surface area (Å²) in [6.07, 6.45) is 0.798. The molecular weight excluding hydrogens is 174 g/mol. The molecule has 0 radical (unpaired) electrons. The number of carboxylic acids is 2. The summed E-state index contributed by atoms with van der Waals surface area (Å²) in [4.78, 5) is 22.1. The molecule has 0 bridgehead atoms. The first-order valence-corrected chi connectivity index (χ1v) is 4.14. The highest BCUT2D eigenvalue weighted by Crippen LogP contribution is 1.94. The van der Waals surface area contributed by atoms with Crippen molar-refractivity contribution in [1.82, 2.24) is 4.90 Å². The zero-order valence-electron chi connectivity index (χ0n) is 7.69. The van der Waals surface area contributed by atoms with Crippen molar-refractivity contribution in [3.8, 4) is 0 Å². The summed E-state index contributed by atoms with van der Waals surface area (Å²) in [6.45, 7) is 1.09. The van der Waals surface area contributed by atoms with Gasteiger partial charge in [-0.05, 0) is 20.0 Å². The van der Waals surface area contributed by atoms with Crippen LogP contribution in [0.25, 0.3) is 0 Å². The topological polar surface area (TPSA) is 77.8 Å². The fraction of sp³-hybridized carbons (Fsp3) is 0.750. The van der Waals surface area contributed by atoms with E-state index in [-0.39, 0.29) is 12.8 Å². The Morgan fingerprint density at radius 3 is 2.08 bits per heavy atom. The number of hydrogen-bond donors (Lipinski definition) is 2. The van der Waals surface area contributed by atoms with E-state index in [0.717, 1.165) is 0 Å². The number of nitrogens with zero attached hydrogens (tertiary/aromatic N) is 1. The SMILES string of the molecule is CN(CCCC(=O)O)CCC(=O)O. The fourth-order valence-electron chi connectivity index (χ4n) is 0.899. The van der Waals surface area contributed by atoms with Gasteiger partial charge in [-0.15, -0.1) is 0 Å². The third-order valence-electron chi connectivity index (χ3n) is 1.64. The molecule has 76 valence electrons. The molecule has 0 heterocycles. The van der Waals surface area contributed by atoms with E-state index in [4.69, 9.17) is 10.2 Å². The van der Waals surface area contributed by atoms with E-state index in [9.17, 15) is 9.59 Å². The molecule has 0 atom stereocenters. The lowest BCUT2D eigenvalue weighted by Gasteiger charge is -2.13. The zero-order valence-corrected chi connectivity index (χ0v) is 7.69. The summed E-state index contributed by atoms with van der Waals surface area (Å²) >= 11 is 0. The number of rotatable bonds is 7. The van der Waals surface area contributed by atoms with Gasteiger partial charge in [-0.25, -0.2) is 0 Å². The lowest BCUT2D eigenvalue weighted by atomic mass is 10.3. The maximum Gasteiger partial charge on any atom is 0.304 e. The Bertz CT molecular complexity index is 181. The highest BCUT2D eigenvalue weighted by atomic mass is 16.4. The summed E-state index contributed by atoms with van der Waals surface area (Å²) in [5.41, 5.74) is 0. The molecule has 0 spiro atoms. The van der Waals surface area contributed by atoms with Gasteiger partial charge in [0, 0.05) is 13.0 Å². The monoisotopic (exact) mass is 189 g/mol. The van der Waals surface area contributed by atoms with Gasteiger partial charge in [0.15, 0.2) is 0 Å². The molecule has 0 aliphatic rings. The number of carboxylic acid groups (broad SMARTS) is 2. The summed E-state index contributed by atoms with van der Waals surface area (Å²) in [7, 11) is 1.78. The van der Waals surface area contributed by atoms with E-state index in [1.165, 1.54) is 0 Å². The molecule has 2 N–H and O–H groups in total. The molecule has 0 aromatic heterocycles. The molecule has 0 amide bonds. The predicted molar refractivity (Wildman–Crippen MR) is 46.6 cm³/mol. The van der Waals surface area contributed by atoms with E-state index in [1.54, 1.807) is 7.05 Å². The van der Waals surface area contributed by atoms with E-state index in [2.05, 4.69) is 0 Å². The average Bonchev–Trinajstić information content (AvgIpc) is 2.00. The molecule has 5 heteroatoms. The number of aliphatic carboxylic acids is 2. The molecule has 0 aromatic carbocycles. The first kappa shape index (κ1) is 11.9. The first-order valence-electron chi connectivity index (χ1n) is 4.14. The van der Waals surface area contributed by atoms with E-state index in [0.29, 0.717) is 19.5 Å². The second-order valence-electron chi connectivity index (χ2n) is 2.94. The van der Waals surface area contributed by atoms with Gasteiger partial charge in [0.25, 0.3) is 0 Å². The van der Waals surface area contributed by atoms with Crippen molar-refractivity contribution in [2.45, 2.75) is 19.3 Å². The van der Waals surface area contributed by atoms with Crippen LogP contribution in [0.3, 0.4) is 0 Å². The van der Waals surface area contributed by atoms with Gasteiger partial charge in [-0.2, -0.15) is 0 Å². The van der Waals surface area contributed by atoms with Crippen LogP contribution in [0, 0.1) is 0 Å². The summed E-state index contributed by atoms with van der Waals surface area (Å²) < 4.78 is 0. The highest BCUT2D eigenvalue weighted by molar-refractivity contribution is 5.67. The van der Waals surface area contributed by atoms with Crippen molar-refractivity contribution in [1.29, 1.82) is 0 Å². The van der Waals surface area contributed by atoms with Crippen LogP contribution in [0.4, 0.5) is 0 Å². The van der Waals surface area contributed by atoms with Gasteiger partial charge >= 0.3 is 11.9 Å². The second-order valence-corrected chi connectivity index (χ2v) is 2.94. The van der Waals surface area contributed by atoms with Crippen molar-refractivity contribution in [2.75, 3.05) is 20.1 Å². The molecule has 0 aliphatic heterocycles. The van der Waals surface area contributed by atoms with Crippen LogP contribution in [0.2, 0.25) is 0 Å². The van der Waals surface area contributed by atoms with Crippen molar-refractivity contribution in [2.24, 2.45) is 0 Å². The molecular formula is C8H15NO4. The summed E-state index contributed by atoms with van der Waals surface area (Å²) in [5, 5.41) is 16.7.